The van der Waals surface area contributed by atoms with Gasteiger partial charge in [0.15, 0.2) is 0 Å². The van der Waals surface area contributed by atoms with Gasteiger partial charge in [-0.2, -0.15) is 0 Å². The smallest absolute Gasteiger partial charge is 0.209 e. The number of ether oxygens (including phenoxy) is 1. The first-order valence-corrected chi connectivity index (χ1v) is 4.11. The molecule has 0 heterocycles. The van der Waals surface area contributed by atoms with Crippen molar-refractivity contribution >= 4 is 5.90 Å². The zero-order valence-corrected chi connectivity index (χ0v) is 7.92. The van der Waals surface area contributed by atoms with Gasteiger partial charge in [0.25, 0.3) is 0 Å². The second-order valence-electron chi connectivity index (χ2n) is 3.43. The Morgan fingerprint density at radius 2 is 2.17 bits per heavy atom. The largest absolute Gasteiger partial charge is 0.481 e. The van der Waals surface area contributed by atoms with Crippen LogP contribution in [0.3, 0.4) is 0 Å². The van der Waals surface area contributed by atoms with Gasteiger partial charge >= 0.3 is 0 Å². The lowest BCUT2D eigenvalue weighted by Gasteiger charge is -2.08. The lowest BCUT2D eigenvalue weighted by Crippen LogP contribution is -2.12. The fourth-order valence-corrected chi connectivity index (χ4v) is 0.998. The third-order valence-corrected chi connectivity index (χ3v) is 2.41. The Balaban J connectivity index is 2.67. The van der Waals surface area contributed by atoms with Crippen molar-refractivity contribution in [2.75, 3.05) is 14.2 Å². The third-order valence-electron chi connectivity index (χ3n) is 2.41. The summed E-state index contributed by atoms with van der Waals surface area (Å²) < 4.78 is 4.99. The molecule has 0 aliphatic heterocycles. The quantitative estimate of drug-likeness (QED) is 0.499. The highest BCUT2D eigenvalue weighted by Crippen LogP contribution is 2.49. The van der Waals surface area contributed by atoms with Crippen LogP contribution in [0.4, 0.5) is 0 Å². The molecule has 12 heavy (non-hydrogen) atoms. The van der Waals surface area contributed by atoms with Crippen LogP contribution in [0.1, 0.15) is 19.8 Å². The van der Waals surface area contributed by atoms with Crippen molar-refractivity contribution in [2.24, 2.45) is 16.1 Å². The molecule has 1 fully saturated rings. The van der Waals surface area contributed by atoms with E-state index in [0.29, 0.717) is 5.90 Å². The molecular formula is C9H16N2O. The zero-order valence-electron chi connectivity index (χ0n) is 7.92. The van der Waals surface area contributed by atoms with E-state index in [2.05, 4.69) is 11.9 Å². The highest BCUT2D eigenvalue weighted by molar-refractivity contribution is 5.88. The third kappa shape index (κ3) is 1.78. The molecule has 0 bridgehead atoms. The van der Waals surface area contributed by atoms with Crippen molar-refractivity contribution in [3.8, 4) is 0 Å². The SMILES string of the molecule is CN=C(/C=C(\N)C1(C)CC1)OC. The number of hydrogen-bond donors (Lipinski definition) is 1. The Labute approximate surface area is 73.3 Å². The van der Waals surface area contributed by atoms with Crippen LogP contribution in [-0.2, 0) is 4.74 Å². The topological polar surface area (TPSA) is 47.6 Å². The first-order valence-electron chi connectivity index (χ1n) is 4.11. The van der Waals surface area contributed by atoms with E-state index in [0.717, 1.165) is 5.70 Å². The summed E-state index contributed by atoms with van der Waals surface area (Å²) >= 11 is 0. The Hall–Kier alpha value is -0.990. The molecule has 0 amide bonds. The summed E-state index contributed by atoms with van der Waals surface area (Å²) in [5.41, 5.74) is 6.96. The predicted octanol–water partition coefficient (Wildman–Crippen LogP) is 1.30. The number of nitrogens with two attached hydrogens (primary N) is 1. The van der Waals surface area contributed by atoms with Crippen LogP contribution >= 0.6 is 0 Å². The Kier molecular flexibility index (Phi) is 2.40. The van der Waals surface area contributed by atoms with Crippen LogP contribution in [0, 0.1) is 5.41 Å². The van der Waals surface area contributed by atoms with Gasteiger partial charge in [-0.15, -0.1) is 0 Å². The van der Waals surface area contributed by atoms with E-state index in [4.69, 9.17) is 10.5 Å². The van der Waals surface area contributed by atoms with Gasteiger partial charge in [0.2, 0.25) is 5.90 Å². The molecule has 0 unspecified atom stereocenters. The summed E-state index contributed by atoms with van der Waals surface area (Å²) in [6.07, 6.45) is 4.17. The lowest BCUT2D eigenvalue weighted by molar-refractivity contribution is 0.405. The van der Waals surface area contributed by atoms with Gasteiger partial charge in [-0.1, -0.05) is 6.92 Å². The van der Waals surface area contributed by atoms with Crippen LogP contribution < -0.4 is 5.73 Å². The van der Waals surface area contributed by atoms with Crippen molar-refractivity contribution < 1.29 is 4.74 Å². The number of hydrogen-bond acceptors (Lipinski definition) is 3. The molecule has 3 nitrogen and oxygen atoms in total. The van der Waals surface area contributed by atoms with E-state index in [1.54, 1.807) is 14.2 Å². The molecule has 0 saturated heterocycles. The van der Waals surface area contributed by atoms with E-state index in [9.17, 15) is 0 Å². The average molecular weight is 168 g/mol. The predicted molar refractivity (Wildman–Crippen MR) is 50.0 cm³/mol. The van der Waals surface area contributed by atoms with E-state index in [-0.39, 0.29) is 5.41 Å². The summed E-state index contributed by atoms with van der Waals surface area (Å²) in [6.45, 7) is 2.15. The molecule has 2 N–H and O–H groups in total. The molecule has 1 aliphatic carbocycles. The fraction of sp³-hybridized carbons (Fsp3) is 0.667. The first-order chi connectivity index (χ1) is 5.62. The molecule has 68 valence electrons. The summed E-state index contributed by atoms with van der Waals surface area (Å²) in [4.78, 5) is 3.93. The molecule has 1 rings (SSSR count). The second-order valence-corrected chi connectivity index (χ2v) is 3.43. The van der Waals surface area contributed by atoms with Gasteiger partial charge in [-0.05, 0) is 12.8 Å². The van der Waals surface area contributed by atoms with E-state index in [1.807, 2.05) is 6.08 Å². The van der Waals surface area contributed by atoms with Crippen molar-refractivity contribution in [3.63, 3.8) is 0 Å². The highest BCUT2D eigenvalue weighted by Gasteiger charge is 2.39. The van der Waals surface area contributed by atoms with Gasteiger partial charge in [-0.3, -0.25) is 4.99 Å². The molecule has 0 radical (unpaired) electrons. The summed E-state index contributed by atoms with van der Waals surface area (Å²) in [6, 6.07) is 0. The van der Waals surface area contributed by atoms with Crippen molar-refractivity contribution in [1.82, 2.24) is 0 Å². The lowest BCUT2D eigenvalue weighted by atomic mass is 10.1. The van der Waals surface area contributed by atoms with Gasteiger partial charge in [0.1, 0.15) is 0 Å². The summed E-state index contributed by atoms with van der Waals surface area (Å²) in [5.74, 6) is 0.598. The molecule has 1 aliphatic rings. The number of rotatable bonds is 2. The Morgan fingerprint density at radius 1 is 1.58 bits per heavy atom. The van der Waals surface area contributed by atoms with Crippen molar-refractivity contribution in [1.29, 1.82) is 0 Å². The van der Waals surface area contributed by atoms with E-state index < -0.39 is 0 Å². The minimum atomic E-state index is 0.217. The average Bonchev–Trinajstić information content (AvgIpc) is 2.80. The Morgan fingerprint density at radius 3 is 2.50 bits per heavy atom. The number of methoxy groups -OCH3 is 1. The molecular weight excluding hydrogens is 152 g/mol. The van der Waals surface area contributed by atoms with Gasteiger partial charge in [-0.25, -0.2) is 0 Å². The number of nitrogens with zero attached hydrogens (tertiary/aromatic N) is 1. The number of allylic oxidation sites excluding steroid dienone is 1. The highest BCUT2D eigenvalue weighted by atomic mass is 16.5. The first kappa shape index (κ1) is 9.10. The van der Waals surface area contributed by atoms with E-state index >= 15 is 0 Å². The molecule has 0 aromatic rings. The summed E-state index contributed by atoms with van der Waals surface area (Å²) in [5, 5.41) is 0. The normalized spacial score (nSPS) is 22.2. The van der Waals surface area contributed by atoms with Crippen LogP contribution in [0.25, 0.3) is 0 Å². The van der Waals surface area contributed by atoms with Gasteiger partial charge in [0, 0.05) is 24.2 Å². The van der Waals surface area contributed by atoms with Crippen LogP contribution in [0.5, 0.6) is 0 Å². The maximum absolute atomic E-state index is 5.87. The van der Waals surface area contributed by atoms with Crippen LogP contribution in [0.15, 0.2) is 16.8 Å². The monoisotopic (exact) mass is 168 g/mol. The summed E-state index contributed by atoms with van der Waals surface area (Å²) in [7, 11) is 3.29. The maximum atomic E-state index is 5.87. The van der Waals surface area contributed by atoms with Crippen molar-refractivity contribution in [2.45, 2.75) is 19.8 Å². The second kappa shape index (κ2) is 3.17. The maximum Gasteiger partial charge on any atom is 0.209 e. The minimum absolute atomic E-state index is 0.217. The molecule has 0 spiro atoms. The van der Waals surface area contributed by atoms with Crippen LogP contribution in [-0.4, -0.2) is 20.1 Å². The zero-order chi connectivity index (χ0) is 9.19. The fourth-order valence-electron chi connectivity index (χ4n) is 0.998. The number of aliphatic imine (C=N–C) groups is 1. The molecule has 3 heteroatoms. The minimum Gasteiger partial charge on any atom is -0.481 e. The van der Waals surface area contributed by atoms with Gasteiger partial charge in [0.05, 0.1) is 7.11 Å². The van der Waals surface area contributed by atoms with Crippen LogP contribution in [0.2, 0.25) is 0 Å². The van der Waals surface area contributed by atoms with Crippen molar-refractivity contribution in [3.05, 3.63) is 11.8 Å². The van der Waals surface area contributed by atoms with Gasteiger partial charge < -0.3 is 10.5 Å². The molecule has 0 atom stereocenters. The molecule has 0 aromatic carbocycles. The van der Waals surface area contributed by atoms with E-state index in [1.165, 1.54) is 12.8 Å². The molecule has 1 saturated carbocycles. The Bertz CT molecular complexity index is 227. The standard InChI is InChI=1S/C9H16N2O/c1-9(4-5-9)7(10)6-8(11-2)12-3/h6H,4-5,10H2,1-3H3/b7-6-,11-8?. The molecule has 0 aromatic heterocycles.